The van der Waals surface area contributed by atoms with Crippen molar-refractivity contribution in [1.82, 2.24) is 0 Å². The first-order chi connectivity index (χ1) is 9.19. The molecule has 0 saturated heterocycles. The molecule has 0 bridgehead atoms. The summed E-state index contributed by atoms with van der Waals surface area (Å²) in [6.07, 6.45) is 0. The summed E-state index contributed by atoms with van der Waals surface area (Å²) in [5.41, 5.74) is 6.00. The van der Waals surface area contributed by atoms with E-state index in [0.717, 1.165) is 15.5 Å². The van der Waals surface area contributed by atoms with E-state index in [1.54, 1.807) is 11.8 Å². The number of anilines is 1. The van der Waals surface area contributed by atoms with E-state index in [2.05, 4.69) is 5.32 Å². The van der Waals surface area contributed by atoms with Crippen LogP contribution in [0.15, 0.2) is 58.3 Å². The van der Waals surface area contributed by atoms with Crippen molar-refractivity contribution in [2.75, 3.05) is 11.9 Å². The second-order valence-corrected chi connectivity index (χ2v) is 5.34. The summed E-state index contributed by atoms with van der Waals surface area (Å²) in [6, 6.07) is 15.2. The predicted molar refractivity (Wildman–Crippen MR) is 79.7 cm³/mol. The number of amides is 1. The van der Waals surface area contributed by atoms with Crippen LogP contribution in [0.2, 0.25) is 5.02 Å². The molecule has 0 fully saturated rings. The van der Waals surface area contributed by atoms with Crippen molar-refractivity contribution in [1.29, 1.82) is 0 Å². The lowest BCUT2D eigenvalue weighted by Crippen LogP contribution is -2.21. The molecule has 0 aliphatic rings. The van der Waals surface area contributed by atoms with Gasteiger partial charge in [0.05, 0.1) is 11.6 Å². The Morgan fingerprint density at radius 1 is 1.21 bits per heavy atom. The Morgan fingerprint density at radius 2 is 2.00 bits per heavy atom. The van der Waals surface area contributed by atoms with Crippen molar-refractivity contribution in [3.05, 3.63) is 53.6 Å². The summed E-state index contributed by atoms with van der Waals surface area (Å²) < 4.78 is 0. The van der Waals surface area contributed by atoms with Crippen LogP contribution in [0.25, 0.3) is 0 Å². The van der Waals surface area contributed by atoms with Crippen LogP contribution in [-0.4, -0.2) is 12.5 Å². The molecular weight excluding hydrogens is 280 g/mol. The number of nitrogens with two attached hydrogens (primary N) is 1. The molecule has 0 heterocycles. The highest BCUT2D eigenvalue weighted by Gasteiger charge is 2.04. The second-order valence-electron chi connectivity index (χ2n) is 3.81. The zero-order valence-corrected chi connectivity index (χ0v) is 11.7. The van der Waals surface area contributed by atoms with Gasteiger partial charge in [0.15, 0.2) is 0 Å². The van der Waals surface area contributed by atoms with Crippen molar-refractivity contribution in [2.45, 2.75) is 9.79 Å². The van der Waals surface area contributed by atoms with Gasteiger partial charge >= 0.3 is 0 Å². The summed E-state index contributed by atoms with van der Waals surface area (Å²) in [6.45, 7) is -0.0259. The average molecular weight is 293 g/mol. The number of halogens is 1. The van der Waals surface area contributed by atoms with Crippen LogP contribution < -0.4 is 11.1 Å². The normalized spacial score (nSPS) is 10.2. The van der Waals surface area contributed by atoms with Gasteiger partial charge in [-0.05, 0) is 30.3 Å². The maximum absolute atomic E-state index is 11.2. The number of nitrogens with one attached hydrogen (secondary N) is 1. The Bertz CT molecular complexity index is 589. The first-order valence-electron chi connectivity index (χ1n) is 5.71. The maximum atomic E-state index is 11.2. The van der Waals surface area contributed by atoms with Crippen molar-refractivity contribution in [3.8, 4) is 0 Å². The van der Waals surface area contributed by atoms with E-state index in [4.69, 9.17) is 17.3 Å². The topological polar surface area (TPSA) is 55.1 Å². The zero-order valence-electron chi connectivity index (χ0n) is 10.1. The highest BCUT2D eigenvalue weighted by atomic mass is 35.5. The third-order valence-corrected chi connectivity index (χ3v) is 3.87. The van der Waals surface area contributed by atoms with E-state index in [0.29, 0.717) is 5.02 Å². The fourth-order valence-electron chi connectivity index (χ4n) is 1.50. The van der Waals surface area contributed by atoms with Crippen LogP contribution in [0.1, 0.15) is 0 Å². The molecule has 0 aromatic heterocycles. The molecule has 0 aliphatic heterocycles. The monoisotopic (exact) mass is 292 g/mol. The van der Waals surface area contributed by atoms with Crippen LogP contribution in [-0.2, 0) is 4.79 Å². The van der Waals surface area contributed by atoms with Crippen molar-refractivity contribution >= 4 is 35.0 Å². The Kier molecular flexibility index (Phi) is 4.85. The van der Waals surface area contributed by atoms with Gasteiger partial charge < -0.3 is 11.1 Å². The quantitative estimate of drug-likeness (QED) is 0.908. The van der Waals surface area contributed by atoms with Crippen LogP contribution in [0.3, 0.4) is 0 Å². The van der Waals surface area contributed by atoms with E-state index in [9.17, 15) is 4.79 Å². The van der Waals surface area contributed by atoms with Gasteiger partial charge in [-0.2, -0.15) is 0 Å². The van der Waals surface area contributed by atoms with E-state index in [-0.39, 0.29) is 12.5 Å². The lowest BCUT2D eigenvalue weighted by atomic mass is 10.3. The molecule has 2 rings (SSSR count). The fraction of sp³-hybridized carbons (Fsp3) is 0.0714. The molecule has 2 aromatic carbocycles. The highest BCUT2D eigenvalue weighted by Crippen LogP contribution is 2.33. The number of hydrogen-bond donors (Lipinski definition) is 2. The molecule has 0 saturated carbocycles. The summed E-state index contributed by atoms with van der Waals surface area (Å²) in [5, 5.41) is 3.43. The van der Waals surface area contributed by atoms with E-state index < -0.39 is 0 Å². The molecule has 2 aromatic rings. The molecule has 19 heavy (non-hydrogen) atoms. The molecule has 0 aliphatic carbocycles. The highest BCUT2D eigenvalue weighted by molar-refractivity contribution is 7.99. The standard InChI is InChI=1S/C14H13ClN2OS/c15-12-6-1-2-7-13(12)19-11-5-3-4-10(8-11)17-14(18)9-16/h1-8H,9,16H2,(H,17,18). The maximum Gasteiger partial charge on any atom is 0.238 e. The van der Waals surface area contributed by atoms with Gasteiger partial charge in [-0.3, -0.25) is 4.79 Å². The third-order valence-electron chi connectivity index (χ3n) is 2.37. The number of benzene rings is 2. The van der Waals surface area contributed by atoms with Gasteiger partial charge in [0.1, 0.15) is 0 Å². The van der Waals surface area contributed by atoms with Gasteiger partial charge in [0.25, 0.3) is 0 Å². The van der Waals surface area contributed by atoms with Crippen LogP contribution >= 0.6 is 23.4 Å². The number of carbonyl (C=O) groups excluding carboxylic acids is 1. The third kappa shape index (κ3) is 3.99. The number of rotatable bonds is 4. The van der Waals surface area contributed by atoms with Gasteiger partial charge in [0, 0.05) is 15.5 Å². The SMILES string of the molecule is NCC(=O)Nc1cccc(Sc2ccccc2Cl)c1. The molecule has 98 valence electrons. The number of carbonyl (C=O) groups is 1. The average Bonchev–Trinajstić information content (AvgIpc) is 2.42. The minimum absolute atomic E-state index is 0.0259. The van der Waals surface area contributed by atoms with Crippen LogP contribution in [0.4, 0.5) is 5.69 Å². The molecule has 3 N–H and O–H groups in total. The first-order valence-corrected chi connectivity index (χ1v) is 6.91. The van der Waals surface area contributed by atoms with Crippen LogP contribution in [0, 0.1) is 0 Å². The Balaban J connectivity index is 2.15. The minimum atomic E-state index is -0.208. The van der Waals surface area contributed by atoms with Gasteiger partial charge in [-0.1, -0.05) is 41.6 Å². The van der Waals surface area contributed by atoms with Crippen molar-refractivity contribution in [2.24, 2.45) is 5.73 Å². The largest absolute Gasteiger partial charge is 0.325 e. The minimum Gasteiger partial charge on any atom is -0.325 e. The van der Waals surface area contributed by atoms with Crippen molar-refractivity contribution < 1.29 is 4.79 Å². The van der Waals surface area contributed by atoms with E-state index in [1.807, 2.05) is 48.5 Å². The molecule has 0 unspecified atom stereocenters. The summed E-state index contributed by atoms with van der Waals surface area (Å²) >= 11 is 7.66. The Hall–Kier alpha value is -1.49. The molecule has 3 nitrogen and oxygen atoms in total. The summed E-state index contributed by atoms with van der Waals surface area (Å²) in [7, 11) is 0. The Labute approximate surface area is 121 Å². The summed E-state index contributed by atoms with van der Waals surface area (Å²) in [4.78, 5) is 13.2. The summed E-state index contributed by atoms with van der Waals surface area (Å²) in [5.74, 6) is -0.208. The van der Waals surface area contributed by atoms with Gasteiger partial charge in [-0.25, -0.2) is 0 Å². The van der Waals surface area contributed by atoms with E-state index >= 15 is 0 Å². The lowest BCUT2D eigenvalue weighted by Gasteiger charge is -2.07. The Morgan fingerprint density at radius 3 is 2.74 bits per heavy atom. The first kappa shape index (κ1) is 13.9. The zero-order chi connectivity index (χ0) is 13.7. The number of hydrogen-bond acceptors (Lipinski definition) is 3. The predicted octanol–water partition coefficient (Wildman–Crippen LogP) is 3.39. The van der Waals surface area contributed by atoms with Crippen molar-refractivity contribution in [3.63, 3.8) is 0 Å². The molecule has 0 atom stereocenters. The van der Waals surface area contributed by atoms with Crippen LogP contribution in [0.5, 0.6) is 0 Å². The van der Waals surface area contributed by atoms with Gasteiger partial charge in [0.2, 0.25) is 5.91 Å². The molecule has 1 amide bonds. The molecule has 0 spiro atoms. The molecule has 5 heteroatoms. The molecular formula is C14H13ClN2OS. The van der Waals surface area contributed by atoms with E-state index in [1.165, 1.54) is 0 Å². The molecule has 0 radical (unpaired) electrons. The second kappa shape index (κ2) is 6.61. The smallest absolute Gasteiger partial charge is 0.238 e. The van der Waals surface area contributed by atoms with Gasteiger partial charge in [-0.15, -0.1) is 0 Å². The fourth-order valence-corrected chi connectivity index (χ4v) is 2.65. The lowest BCUT2D eigenvalue weighted by molar-refractivity contribution is -0.114.